The van der Waals surface area contributed by atoms with E-state index in [1.54, 1.807) is 36.4 Å². The van der Waals surface area contributed by atoms with Crippen LogP contribution in [0.3, 0.4) is 0 Å². The molecule has 2 atom stereocenters. The van der Waals surface area contributed by atoms with Crippen molar-refractivity contribution in [2.45, 2.75) is 116 Å². The summed E-state index contributed by atoms with van der Waals surface area (Å²) in [6, 6.07) is 12.5. The Morgan fingerprint density at radius 1 is 0.600 bits per heavy atom. The van der Waals surface area contributed by atoms with Crippen LogP contribution >= 0.6 is 0 Å². The van der Waals surface area contributed by atoms with E-state index in [4.69, 9.17) is 9.47 Å². The minimum Gasteiger partial charge on any atom is -0.490 e. The van der Waals surface area contributed by atoms with Crippen molar-refractivity contribution in [2.75, 3.05) is 13.2 Å². The van der Waals surface area contributed by atoms with Crippen LogP contribution in [0.25, 0.3) is 22.3 Å². The molecule has 0 aliphatic carbocycles. The van der Waals surface area contributed by atoms with E-state index in [0.717, 1.165) is 32.1 Å². The Hall–Kier alpha value is -2.86. The second-order valence-corrected chi connectivity index (χ2v) is 12.6. The predicted octanol–water partition coefficient (Wildman–Crippen LogP) is 12.5. The molecular formula is C39H50F4O2. The Morgan fingerprint density at radius 3 is 1.76 bits per heavy atom. The second-order valence-electron chi connectivity index (χ2n) is 12.6. The molecule has 45 heavy (non-hydrogen) atoms. The average Bonchev–Trinajstić information content (AvgIpc) is 3.06. The van der Waals surface area contributed by atoms with Crippen molar-refractivity contribution >= 4 is 0 Å². The Labute approximate surface area is 267 Å². The largest absolute Gasteiger partial charge is 0.490 e. The molecule has 1 fully saturated rings. The van der Waals surface area contributed by atoms with Gasteiger partial charge in [0.25, 0.3) is 0 Å². The summed E-state index contributed by atoms with van der Waals surface area (Å²) in [7, 11) is 0. The number of halogens is 4. The van der Waals surface area contributed by atoms with Crippen molar-refractivity contribution in [3.05, 3.63) is 77.4 Å². The molecule has 4 rings (SSSR count). The highest BCUT2D eigenvalue weighted by molar-refractivity contribution is 5.71. The smallest absolute Gasteiger partial charge is 0.201 e. The first-order chi connectivity index (χ1) is 21.9. The van der Waals surface area contributed by atoms with Crippen LogP contribution in [0.15, 0.2) is 48.5 Å². The van der Waals surface area contributed by atoms with Crippen molar-refractivity contribution in [3.63, 3.8) is 0 Å². The highest BCUT2D eigenvalue weighted by Gasteiger charge is 2.27. The first-order valence-electron chi connectivity index (χ1n) is 17.3. The number of unbranched alkanes of at least 4 members (excludes halogenated alkanes) is 10. The van der Waals surface area contributed by atoms with E-state index in [9.17, 15) is 4.39 Å². The van der Waals surface area contributed by atoms with Crippen LogP contribution in [-0.4, -0.2) is 13.2 Å². The molecule has 0 aromatic heterocycles. The van der Waals surface area contributed by atoms with E-state index in [-0.39, 0.29) is 22.4 Å². The summed E-state index contributed by atoms with van der Waals surface area (Å²) >= 11 is 0. The van der Waals surface area contributed by atoms with Crippen molar-refractivity contribution in [3.8, 4) is 28.0 Å². The van der Waals surface area contributed by atoms with Gasteiger partial charge >= 0.3 is 0 Å². The Kier molecular flexibility index (Phi) is 14.3. The van der Waals surface area contributed by atoms with Gasteiger partial charge in [0.15, 0.2) is 23.2 Å². The standard InChI is InChI=1S/C39H50F4O2/c1-3-5-7-9-10-12-14-26-44-35-25-23-32(37(41)39(35)43)30-19-17-29(18-20-30)31-21-22-33(38(42)36(31)40)34-24-16-28(27-45-34)15-13-11-8-6-4-2/h17-23,25,28,34H,3-16,24,26-27H2,1-2H3. The van der Waals surface area contributed by atoms with Crippen molar-refractivity contribution < 1.29 is 27.0 Å². The summed E-state index contributed by atoms with van der Waals surface area (Å²) in [6.45, 7) is 5.31. The van der Waals surface area contributed by atoms with Crippen LogP contribution in [0, 0.1) is 29.2 Å². The monoisotopic (exact) mass is 626 g/mol. The predicted molar refractivity (Wildman–Crippen MR) is 175 cm³/mol. The van der Waals surface area contributed by atoms with Gasteiger partial charge in [-0.15, -0.1) is 0 Å². The lowest BCUT2D eigenvalue weighted by Gasteiger charge is -2.30. The van der Waals surface area contributed by atoms with Crippen LogP contribution < -0.4 is 4.74 Å². The highest BCUT2D eigenvalue weighted by Crippen LogP contribution is 2.37. The SMILES string of the molecule is CCCCCCCCCOc1ccc(-c2ccc(-c3ccc(C4CCC(CCCCCCC)CO4)c(F)c3F)cc2)c(F)c1F. The molecule has 0 saturated carbocycles. The number of hydrogen-bond acceptors (Lipinski definition) is 2. The van der Waals surface area contributed by atoms with Crippen molar-refractivity contribution in [1.29, 1.82) is 0 Å². The maximum Gasteiger partial charge on any atom is 0.201 e. The zero-order valence-electron chi connectivity index (χ0n) is 27.1. The van der Waals surface area contributed by atoms with Crippen LogP contribution in [0.1, 0.15) is 122 Å². The molecule has 6 heteroatoms. The molecule has 3 aromatic rings. The molecule has 246 valence electrons. The van der Waals surface area contributed by atoms with E-state index < -0.39 is 29.4 Å². The van der Waals surface area contributed by atoms with Gasteiger partial charge in [0, 0.05) is 16.7 Å². The second kappa shape index (κ2) is 18.3. The Morgan fingerprint density at radius 2 is 1.16 bits per heavy atom. The van der Waals surface area contributed by atoms with Gasteiger partial charge in [-0.3, -0.25) is 0 Å². The average molecular weight is 627 g/mol. The zero-order valence-corrected chi connectivity index (χ0v) is 27.1. The van der Waals surface area contributed by atoms with Gasteiger partial charge in [0.1, 0.15) is 0 Å². The normalized spacial score (nSPS) is 16.7. The van der Waals surface area contributed by atoms with Gasteiger partial charge < -0.3 is 9.47 Å². The van der Waals surface area contributed by atoms with Crippen LogP contribution in [0.5, 0.6) is 5.75 Å². The van der Waals surface area contributed by atoms with Gasteiger partial charge in [-0.25, -0.2) is 13.2 Å². The summed E-state index contributed by atoms with van der Waals surface area (Å²) in [5.41, 5.74) is 1.33. The van der Waals surface area contributed by atoms with Crippen LogP contribution in [0.4, 0.5) is 17.6 Å². The summed E-state index contributed by atoms with van der Waals surface area (Å²) < 4.78 is 71.9. The number of ether oxygens (including phenoxy) is 2. The van der Waals surface area contributed by atoms with Gasteiger partial charge in [0.2, 0.25) is 5.82 Å². The van der Waals surface area contributed by atoms with Gasteiger partial charge in [-0.2, -0.15) is 4.39 Å². The molecular weight excluding hydrogens is 576 g/mol. The zero-order chi connectivity index (χ0) is 32.0. The lowest BCUT2D eigenvalue weighted by Crippen LogP contribution is -2.21. The summed E-state index contributed by atoms with van der Waals surface area (Å²) in [5, 5.41) is 0. The van der Waals surface area contributed by atoms with E-state index in [1.807, 2.05) is 0 Å². The number of benzene rings is 3. The van der Waals surface area contributed by atoms with Crippen molar-refractivity contribution in [2.24, 2.45) is 5.92 Å². The van der Waals surface area contributed by atoms with Gasteiger partial charge in [0.05, 0.1) is 19.3 Å². The molecule has 3 aromatic carbocycles. The fourth-order valence-corrected chi connectivity index (χ4v) is 6.29. The van der Waals surface area contributed by atoms with Crippen molar-refractivity contribution in [1.82, 2.24) is 0 Å². The van der Waals surface area contributed by atoms with E-state index in [2.05, 4.69) is 13.8 Å². The maximum atomic E-state index is 15.3. The molecule has 1 aliphatic heterocycles. The molecule has 0 radical (unpaired) electrons. The molecule has 0 N–H and O–H groups in total. The lowest BCUT2D eigenvalue weighted by atomic mass is 9.90. The molecule has 0 bridgehead atoms. The molecule has 2 nitrogen and oxygen atoms in total. The summed E-state index contributed by atoms with van der Waals surface area (Å²) in [6.07, 6.45) is 16.3. The van der Waals surface area contributed by atoms with E-state index >= 15 is 13.2 Å². The van der Waals surface area contributed by atoms with E-state index in [1.165, 1.54) is 69.9 Å². The minimum absolute atomic E-state index is 0.0815. The molecule has 1 aliphatic rings. The van der Waals surface area contributed by atoms with Crippen LogP contribution in [0.2, 0.25) is 0 Å². The summed E-state index contributed by atoms with van der Waals surface area (Å²) in [5.74, 6) is -3.46. The first-order valence-corrected chi connectivity index (χ1v) is 17.3. The molecule has 2 unspecified atom stereocenters. The summed E-state index contributed by atoms with van der Waals surface area (Å²) in [4.78, 5) is 0. The van der Waals surface area contributed by atoms with Crippen LogP contribution in [-0.2, 0) is 4.74 Å². The van der Waals surface area contributed by atoms with E-state index in [0.29, 0.717) is 36.7 Å². The molecule has 1 heterocycles. The Bertz CT molecular complexity index is 1320. The molecule has 0 spiro atoms. The third-order valence-corrected chi connectivity index (χ3v) is 9.10. The topological polar surface area (TPSA) is 18.5 Å². The molecule has 0 amide bonds. The number of hydrogen-bond donors (Lipinski definition) is 0. The first kappa shape index (κ1) is 35.0. The fourth-order valence-electron chi connectivity index (χ4n) is 6.29. The quantitative estimate of drug-likeness (QED) is 0.103. The fraction of sp³-hybridized carbons (Fsp3) is 0.538. The highest BCUT2D eigenvalue weighted by atomic mass is 19.2. The Balaban J connectivity index is 1.33. The lowest BCUT2D eigenvalue weighted by molar-refractivity contribution is -0.0218. The third-order valence-electron chi connectivity index (χ3n) is 9.10. The van der Waals surface area contributed by atoms with Gasteiger partial charge in [-0.05, 0) is 54.9 Å². The third kappa shape index (κ3) is 9.81. The maximum absolute atomic E-state index is 15.3. The van der Waals surface area contributed by atoms with Gasteiger partial charge in [-0.1, -0.05) is 121 Å². The minimum atomic E-state index is -1.02. The molecule has 1 saturated heterocycles. The number of rotatable bonds is 18.